The van der Waals surface area contributed by atoms with Gasteiger partial charge in [0.05, 0.1) is 22.4 Å². The zero-order valence-electron chi connectivity index (χ0n) is 27.1. The molecule has 0 aliphatic carbocycles. The third-order valence-corrected chi connectivity index (χ3v) is 11.0. The van der Waals surface area contributed by atoms with Crippen LogP contribution in [0.4, 0.5) is 0 Å². The number of fused-ring (bicyclic) bond motifs is 6. The summed E-state index contributed by atoms with van der Waals surface area (Å²) in [5.41, 5.74) is 12.4. The van der Waals surface area contributed by atoms with Gasteiger partial charge in [-0.25, -0.2) is 4.98 Å². The van der Waals surface area contributed by atoms with Gasteiger partial charge in [0.15, 0.2) is 0 Å². The molecule has 2 nitrogen and oxygen atoms in total. The van der Waals surface area contributed by atoms with Gasteiger partial charge < -0.3 is 4.57 Å². The molecular weight excluding hydrogens is 625 g/mol. The monoisotopic (exact) mass is 654 g/mol. The van der Waals surface area contributed by atoms with Crippen LogP contribution in [0.5, 0.6) is 0 Å². The van der Waals surface area contributed by atoms with Crippen molar-refractivity contribution < 1.29 is 0 Å². The minimum absolute atomic E-state index is 0.957. The maximum atomic E-state index is 5.46. The van der Waals surface area contributed by atoms with E-state index >= 15 is 0 Å². The molecule has 0 saturated heterocycles. The lowest BCUT2D eigenvalue weighted by atomic mass is 9.96. The van der Waals surface area contributed by atoms with Gasteiger partial charge in [-0.15, -0.1) is 11.3 Å². The molecular formula is C47H30N2S. The molecule has 0 aliphatic rings. The van der Waals surface area contributed by atoms with Crippen LogP contribution in [0.2, 0.25) is 0 Å². The standard InChI is InChI=1S/C47H30N2S/c1-3-13-31(14-4-1)32-25-27-33(28-26-32)41-29-34(36-19-11-20-38-37-17-8-10-24-45(37)50-47(36)38)30-42(48-41)39-21-12-23-44-46(39)40-18-7-9-22-43(40)49(44)35-15-5-2-6-16-35/h1-30H. The molecule has 0 spiro atoms. The Morgan fingerprint density at radius 3 is 1.84 bits per heavy atom. The van der Waals surface area contributed by atoms with E-state index in [0.717, 1.165) is 33.8 Å². The molecule has 0 N–H and O–H groups in total. The topological polar surface area (TPSA) is 17.8 Å². The molecule has 7 aromatic carbocycles. The van der Waals surface area contributed by atoms with Crippen molar-refractivity contribution in [3.05, 3.63) is 182 Å². The van der Waals surface area contributed by atoms with Crippen LogP contribution >= 0.6 is 11.3 Å². The maximum Gasteiger partial charge on any atom is 0.0722 e. The van der Waals surface area contributed by atoms with Crippen LogP contribution < -0.4 is 0 Å². The summed E-state index contributed by atoms with van der Waals surface area (Å²) in [6.07, 6.45) is 0. The summed E-state index contributed by atoms with van der Waals surface area (Å²) in [5.74, 6) is 0. The SMILES string of the molecule is c1ccc(-c2ccc(-c3cc(-c4cccc5c4sc4ccccc45)cc(-c4cccc5c4c4ccccc4n5-c4ccccc4)n3)cc2)cc1. The molecule has 50 heavy (non-hydrogen) atoms. The van der Waals surface area contributed by atoms with Crippen molar-refractivity contribution in [1.29, 1.82) is 0 Å². The van der Waals surface area contributed by atoms with E-state index in [4.69, 9.17) is 4.98 Å². The van der Waals surface area contributed by atoms with E-state index in [2.05, 4.69) is 187 Å². The first-order chi connectivity index (χ1) is 24.8. The van der Waals surface area contributed by atoms with Gasteiger partial charge in [-0.2, -0.15) is 0 Å². The number of rotatable bonds is 5. The van der Waals surface area contributed by atoms with Crippen molar-refractivity contribution >= 4 is 53.3 Å². The van der Waals surface area contributed by atoms with Crippen LogP contribution in [-0.2, 0) is 0 Å². The highest BCUT2D eigenvalue weighted by molar-refractivity contribution is 7.26. The third-order valence-electron chi connectivity index (χ3n) is 9.82. The van der Waals surface area contributed by atoms with Gasteiger partial charge in [0.2, 0.25) is 0 Å². The van der Waals surface area contributed by atoms with Crippen molar-refractivity contribution in [2.45, 2.75) is 0 Å². The first-order valence-corrected chi connectivity index (χ1v) is 17.8. The van der Waals surface area contributed by atoms with E-state index in [0.29, 0.717) is 0 Å². The van der Waals surface area contributed by atoms with Gasteiger partial charge in [0.1, 0.15) is 0 Å². The maximum absolute atomic E-state index is 5.46. The second-order valence-corrected chi connectivity index (χ2v) is 13.8. The molecule has 0 radical (unpaired) electrons. The first-order valence-electron chi connectivity index (χ1n) is 17.0. The molecule has 3 aromatic heterocycles. The average Bonchev–Trinajstić information content (AvgIpc) is 3.75. The lowest BCUT2D eigenvalue weighted by Crippen LogP contribution is -1.94. The molecule has 0 unspecified atom stereocenters. The van der Waals surface area contributed by atoms with E-state index < -0.39 is 0 Å². The Balaban J connectivity index is 1.23. The fourth-order valence-electron chi connectivity index (χ4n) is 7.50. The Kier molecular flexibility index (Phi) is 6.71. The zero-order valence-corrected chi connectivity index (χ0v) is 27.9. The molecule has 0 amide bonds. The molecule has 0 bridgehead atoms. The minimum Gasteiger partial charge on any atom is -0.309 e. The Hall–Kier alpha value is -6.29. The van der Waals surface area contributed by atoms with Gasteiger partial charge in [-0.1, -0.05) is 140 Å². The molecule has 234 valence electrons. The molecule has 10 rings (SSSR count). The number of hydrogen-bond donors (Lipinski definition) is 0. The van der Waals surface area contributed by atoms with Crippen molar-refractivity contribution in [2.24, 2.45) is 0 Å². The van der Waals surface area contributed by atoms with Crippen LogP contribution in [0.15, 0.2) is 182 Å². The highest BCUT2D eigenvalue weighted by Gasteiger charge is 2.19. The van der Waals surface area contributed by atoms with Crippen LogP contribution in [0.25, 0.3) is 92.4 Å². The highest BCUT2D eigenvalue weighted by Crippen LogP contribution is 2.43. The van der Waals surface area contributed by atoms with Gasteiger partial charge in [0, 0.05) is 47.8 Å². The lowest BCUT2D eigenvalue weighted by molar-refractivity contribution is 1.18. The summed E-state index contributed by atoms with van der Waals surface area (Å²) in [7, 11) is 0. The summed E-state index contributed by atoms with van der Waals surface area (Å²) in [4.78, 5) is 5.46. The molecule has 0 fully saturated rings. The fraction of sp³-hybridized carbons (Fsp3) is 0. The van der Waals surface area contributed by atoms with E-state index in [9.17, 15) is 0 Å². The van der Waals surface area contributed by atoms with E-state index in [-0.39, 0.29) is 0 Å². The van der Waals surface area contributed by atoms with Gasteiger partial charge in [-0.3, -0.25) is 0 Å². The Morgan fingerprint density at radius 2 is 1.00 bits per heavy atom. The normalized spacial score (nSPS) is 11.6. The minimum atomic E-state index is 0.957. The molecule has 3 heteroatoms. The van der Waals surface area contributed by atoms with E-state index in [1.807, 2.05) is 11.3 Å². The Labute approximate surface area is 294 Å². The number of pyridine rings is 1. The zero-order chi connectivity index (χ0) is 33.0. The number of aromatic nitrogens is 2. The van der Waals surface area contributed by atoms with Gasteiger partial charge in [0.25, 0.3) is 0 Å². The second kappa shape index (κ2) is 11.7. The van der Waals surface area contributed by atoms with E-state index in [1.165, 1.54) is 58.7 Å². The number of hydrogen-bond acceptors (Lipinski definition) is 2. The summed E-state index contributed by atoms with van der Waals surface area (Å²) in [5, 5.41) is 5.03. The average molecular weight is 655 g/mol. The Morgan fingerprint density at radius 1 is 0.400 bits per heavy atom. The summed E-state index contributed by atoms with van der Waals surface area (Å²) in [6.45, 7) is 0. The van der Waals surface area contributed by atoms with Crippen molar-refractivity contribution in [3.63, 3.8) is 0 Å². The number of benzene rings is 7. The lowest BCUT2D eigenvalue weighted by Gasteiger charge is -2.13. The van der Waals surface area contributed by atoms with E-state index in [1.54, 1.807) is 0 Å². The predicted molar refractivity (Wildman–Crippen MR) is 213 cm³/mol. The molecule has 0 atom stereocenters. The van der Waals surface area contributed by atoms with Crippen molar-refractivity contribution in [2.75, 3.05) is 0 Å². The number of thiophene rings is 1. The smallest absolute Gasteiger partial charge is 0.0722 e. The summed E-state index contributed by atoms with van der Waals surface area (Å²) in [6, 6.07) is 65.4. The fourth-order valence-corrected chi connectivity index (χ4v) is 8.74. The van der Waals surface area contributed by atoms with Crippen molar-refractivity contribution in [1.82, 2.24) is 9.55 Å². The molecule has 0 saturated carbocycles. The van der Waals surface area contributed by atoms with Gasteiger partial charge >= 0.3 is 0 Å². The van der Waals surface area contributed by atoms with Crippen LogP contribution in [-0.4, -0.2) is 9.55 Å². The van der Waals surface area contributed by atoms with Crippen LogP contribution in [0, 0.1) is 0 Å². The molecule has 3 heterocycles. The van der Waals surface area contributed by atoms with Crippen LogP contribution in [0.3, 0.4) is 0 Å². The van der Waals surface area contributed by atoms with Crippen molar-refractivity contribution in [3.8, 4) is 50.5 Å². The third kappa shape index (κ3) is 4.67. The number of nitrogens with zero attached hydrogens (tertiary/aromatic N) is 2. The highest BCUT2D eigenvalue weighted by atomic mass is 32.1. The predicted octanol–water partition coefficient (Wildman–Crippen LogP) is 13.2. The summed E-state index contributed by atoms with van der Waals surface area (Å²) >= 11 is 1.87. The number of para-hydroxylation sites is 2. The largest absolute Gasteiger partial charge is 0.309 e. The van der Waals surface area contributed by atoms with Crippen LogP contribution in [0.1, 0.15) is 0 Å². The second-order valence-electron chi connectivity index (χ2n) is 12.7. The molecule has 10 aromatic rings. The van der Waals surface area contributed by atoms with Gasteiger partial charge in [-0.05, 0) is 64.7 Å². The molecule has 0 aliphatic heterocycles. The quantitative estimate of drug-likeness (QED) is 0.181. The summed E-state index contributed by atoms with van der Waals surface area (Å²) < 4.78 is 4.98. The Bertz CT molecular complexity index is 2850. The first kappa shape index (κ1) is 28.7.